The summed E-state index contributed by atoms with van der Waals surface area (Å²) in [5, 5.41) is 3.04. The van der Waals surface area contributed by atoms with Crippen LogP contribution in [0.1, 0.15) is 29.3 Å². The Morgan fingerprint density at radius 1 is 1.57 bits per heavy atom. The van der Waals surface area contributed by atoms with Gasteiger partial charge in [0.2, 0.25) is 5.91 Å². The molecule has 0 spiro atoms. The fourth-order valence-corrected chi connectivity index (χ4v) is 4.35. The van der Waals surface area contributed by atoms with Crippen LogP contribution in [0.2, 0.25) is 5.02 Å². The second-order valence-corrected chi connectivity index (χ2v) is 7.12. The third kappa shape index (κ3) is 2.16. The lowest BCUT2D eigenvalue weighted by Gasteiger charge is -2.13. The van der Waals surface area contributed by atoms with Crippen LogP contribution in [0.15, 0.2) is 18.2 Å². The molecule has 2 heterocycles. The van der Waals surface area contributed by atoms with Gasteiger partial charge in [0.1, 0.15) is 5.82 Å². The van der Waals surface area contributed by atoms with Crippen LogP contribution in [0.25, 0.3) is 0 Å². The van der Waals surface area contributed by atoms with Crippen LogP contribution in [0.4, 0.5) is 4.39 Å². The summed E-state index contributed by atoms with van der Waals surface area (Å²) in [6.45, 7) is 0.704. The number of nitrogens with zero attached hydrogens (tertiary/aromatic N) is 1. The third-order valence-electron chi connectivity index (χ3n) is 5.00. The van der Waals surface area contributed by atoms with E-state index in [0.29, 0.717) is 16.3 Å². The first-order valence-electron chi connectivity index (χ1n) is 7.43. The number of halogens is 2. The maximum absolute atomic E-state index is 13.7. The molecular weight excluding hydrogens is 337 g/mol. The Kier molecular flexibility index (Phi) is 3.19. The molecule has 2 aromatic rings. The minimum Gasteiger partial charge on any atom is -0.359 e. The molecule has 1 fully saturated rings. The molecule has 0 saturated heterocycles. The molecule has 0 bridgehead atoms. The zero-order chi connectivity index (χ0) is 16.4. The molecule has 23 heavy (non-hydrogen) atoms. The van der Waals surface area contributed by atoms with E-state index < -0.39 is 0 Å². The van der Waals surface area contributed by atoms with E-state index >= 15 is 0 Å². The molecule has 1 aliphatic carbocycles. The van der Waals surface area contributed by atoms with Crippen LogP contribution < -0.4 is 5.32 Å². The van der Waals surface area contributed by atoms with E-state index in [4.69, 9.17) is 23.8 Å². The normalized spacial score (nSPS) is 24.2. The summed E-state index contributed by atoms with van der Waals surface area (Å²) >= 11 is 11.4. The van der Waals surface area contributed by atoms with Crippen molar-refractivity contribution in [2.45, 2.75) is 30.7 Å². The van der Waals surface area contributed by atoms with Crippen molar-refractivity contribution < 1.29 is 9.18 Å². The largest absolute Gasteiger partial charge is 0.359 e. The van der Waals surface area contributed by atoms with E-state index in [1.54, 1.807) is 13.1 Å². The predicted molar refractivity (Wildman–Crippen MR) is 87.8 cm³/mol. The zero-order valence-electron chi connectivity index (χ0n) is 12.5. The number of carbonyl (C=O) groups excluding carboxylic acids is 1. The van der Waals surface area contributed by atoms with Crippen LogP contribution >= 0.6 is 23.8 Å². The molecule has 2 aliphatic rings. The Morgan fingerprint density at radius 2 is 2.35 bits per heavy atom. The van der Waals surface area contributed by atoms with Crippen molar-refractivity contribution in [3.63, 3.8) is 0 Å². The molecule has 7 heteroatoms. The number of amides is 1. The molecular formula is C16H15ClFN3OS. The second-order valence-electron chi connectivity index (χ2n) is 6.30. The van der Waals surface area contributed by atoms with Crippen LogP contribution in [0.5, 0.6) is 0 Å². The van der Waals surface area contributed by atoms with E-state index in [2.05, 4.69) is 10.3 Å². The van der Waals surface area contributed by atoms with E-state index in [9.17, 15) is 9.18 Å². The Balaban J connectivity index is 1.74. The molecule has 4 rings (SSSR count). The lowest BCUT2D eigenvalue weighted by Crippen LogP contribution is -2.20. The fourth-order valence-electron chi connectivity index (χ4n) is 3.84. The molecule has 1 amide bonds. The number of hydrogen-bond acceptors (Lipinski definition) is 2. The van der Waals surface area contributed by atoms with Crippen molar-refractivity contribution in [2.75, 3.05) is 7.05 Å². The first kappa shape index (κ1) is 14.9. The Morgan fingerprint density at radius 3 is 3.04 bits per heavy atom. The molecule has 1 unspecified atom stereocenters. The van der Waals surface area contributed by atoms with Crippen molar-refractivity contribution in [3.05, 3.63) is 50.8 Å². The zero-order valence-corrected chi connectivity index (χ0v) is 14.0. The molecule has 0 radical (unpaired) electrons. The second kappa shape index (κ2) is 4.92. The average molecular weight is 352 g/mol. The van der Waals surface area contributed by atoms with Gasteiger partial charge < -0.3 is 14.9 Å². The number of likely N-dealkylation sites (N-methyl/N-ethyl adjacent to an activating group) is 1. The van der Waals surface area contributed by atoms with Gasteiger partial charge >= 0.3 is 0 Å². The highest BCUT2D eigenvalue weighted by Gasteiger charge is 2.62. The Bertz CT molecular complexity index is 870. The molecule has 1 aromatic carbocycles. The van der Waals surface area contributed by atoms with Crippen molar-refractivity contribution in [2.24, 2.45) is 0 Å². The number of aromatic nitrogens is 2. The summed E-state index contributed by atoms with van der Waals surface area (Å²) in [5.74, 6) is -0.121. The van der Waals surface area contributed by atoms with E-state index in [0.717, 1.165) is 23.4 Å². The molecule has 2 N–H and O–H groups in total. The van der Waals surface area contributed by atoms with Crippen molar-refractivity contribution in [3.8, 4) is 0 Å². The number of nitrogens with one attached hydrogen (secondary N) is 2. The summed E-state index contributed by atoms with van der Waals surface area (Å²) in [5.41, 5.74) is 2.72. The van der Waals surface area contributed by atoms with Gasteiger partial charge in [0.25, 0.3) is 0 Å². The van der Waals surface area contributed by atoms with Crippen LogP contribution in [-0.4, -0.2) is 22.5 Å². The number of H-pyrrole nitrogens is 1. The summed E-state index contributed by atoms with van der Waals surface area (Å²) < 4.78 is 16.4. The lowest BCUT2D eigenvalue weighted by atomic mass is 9.94. The van der Waals surface area contributed by atoms with Crippen molar-refractivity contribution in [1.82, 2.24) is 14.9 Å². The molecule has 4 nitrogen and oxygen atoms in total. The van der Waals surface area contributed by atoms with Gasteiger partial charge in [0.15, 0.2) is 4.77 Å². The minimum absolute atomic E-state index is 0.0587. The monoisotopic (exact) mass is 351 g/mol. The van der Waals surface area contributed by atoms with Crippen LogP contribution in [0.3, 0.4) is 0 Å². The van der Waals surface area contributed by atoms with E-state index in [1.807, 2.05) is 10.6 Å². The fraction of sp³-hybridized carbons (Fsp3) is 0.375. The lowest BCUT2D eigenvalue weighted by molar-refractivity contribution is -0.120. The number of carbonyl (C=O) groups is 1. The number of rotatable bonds is 3. The highest BCUT2D eigenvalue weighted by atomic mass is 35.5. The summed E-state index contributed by atoms with van der Waals surface area (Å²) in [7, 11) is 1.61. The van der Waals surface area contributed by atoms with Gasteiger partial charge in [0.05, 0.1) is 6.42 Å². The van der Waals surface area contributed by atoms with Gasteiger partial charge in [0, 0.05) is 41.3 Å². The van der Waals surface area contributed by atoms with Gasteiger partial charge in [-0.05, 0) is 42.4 Å². The van der Waals surface area contributed by atoms with Crippen LogP contribution in [-0.2, 0) is 23.2 Å². The smallest absolute Gasteiger partial charge is 0.225 e. The van der Waals surface area contributed by atoms with E-state index in [-0.39, 0.29) is 29.5 Å². The number of hydrogen-bond donors (Lipinski definition) is 2. The molecule has 1 saturated carbocycles. The Hall–Kier alpha value is -1.66. The van der Waals surface area contributed by atoms with Gasteiger partial charge in [-0.2, -0.15) is 0 Å². The highest BCUT2D eigenvalue weighted by Crippen LogP contribution is 2.66. The van der Waals surface area contributed by atoms with Crippen molar-refractivity contribution in [1.29, 1.82) is 0 Å². The highest BCUT2D eigenvalue weighted by molar-refractivity contribution is 7.71. The van der Waals surface area contributed by atoms with Gasteiger partial charge in [-0.1, -0.05) is 11.6 Å². The number of imidazole rings is 1. The minimum atomic E-state index is -0.320. The molecule has 120 valence electrons. The first-order valence-corrected chi connectivity index (χ1v) is 8.22. The maximum Gasteiger partial charge on any atom is 0.225 e. The standard InChI is InChI=1S/C16H15ClFN3OS/c1-19-13(22)5-12-14-11-6-16(11,7-21(14)15(23)20-12)8-2-9(17)4-10(18)3-8/h2-4,11H,5-7H2,1H3,(H,19,22)(H,20,23)/t11?,16-/m1/s1. The molecule has 2 atom stereocenters. The van der Waals surface area contributed by atoms with Crippen molar-refractivity contribution >= 4 is 29.7 Å². The summed E-state index contributed by atoms with van der Waals surface area (Å²) in [6.07, 6.45) is 1.21. The molecule has 1 aliphatic heterocycles. The van der Waals surface area contributed by atoms with E-state index in [1.165, 1.54) is 6.07 Å². The first-order chi connectivity index (χ1) is 10.9. The summed E-state index contributed by atoms with van der Waals surface area (Å²) in [4.78, 5) is 14.9. The van der Waals surface area contributed by atoms with Gasteiger partial charge in [-0.25, -0.2) is 4.39 Å². The maximum atomic E-state index is 13.7. The Labute approximate surface area is 142 Å². The average Bonchev–Trinajstić information content (AvgIpc) is 2.99. The summed E-state index contributed by atoms with van der Waals surface area (Å²) in [6, 6.07) is 4.71. The van der Waals surface area contributed by atoms with Gasteiger partial charge in [-0.15, -0.1) is 0 Å². The predicted octanol–water partition coefficient (Wildman–Crippen LogP) is 3.07. The van der Waals surface area contributed by atoms with Crippen LogP contribution in [0, 0.1) is 10.6 Å². The SMILES string of the molecule is CNC(=O)Cc1[nH]c(=S)n2c1C1C[C@]1(c1cc(F)cc(Cl)c1)C2. The number of fused-ring (bicyclic) bond motifs is 3. The number of benzene rings is 1. The molecule has 1 aromatic heterocycles. The quantitative estimate of drug-likeness (QED) is 0.835. The third-order valence-corrected chi connectivity index (χ3v) is 5.54. The number of aromatic amines is 1. The van der Waals surface area contributed by atoms with Gasteiger partial charge in [-0.3, -0.25) is 4.79 Å². The topological polar surface area (TPSA) is 49.8 Å².